The summed E-state index contributed by atoms with van der Waals surface area (Å²) in [6.07, 6.45) is 7.20. The molecule has 3 aliphatic heterocycles. The standard InChI is InChI=1S/C38H38Cl2F2N4O6/c1-2-16-49-34-17-27(9-10-32(34)51-37(41)42)33(18-29-30(39)20-44-21-31(29)40)50-36(47)26-7-5-24(6-8-26)22-46(28-4-3-13-43-19-28)38(48)52-35-23-45-14-11-25(35)12-15-45/h3-10,13,17,19-21,25,33,35,37H,2,11-12,14-16,18,22-23H2,1H3/t33-,35-/m0/s1. The lowest BCUT2D eigenvalue weighted by Gasteiger charge is -2.44. The predicted octanol–water partition coefficient (Wildman–Crippen LogP) is 8.55. The van der Waals surface area contributed by atoms with Gasteiger partial charge in [0.15, 0.2) is 11.5 Å². The second kappa shape index (κ2) is 17.3. The van der Waals surface area contributed by atoms with Gasteiger partial charge in [-0.05, 0) is 91.4 Å². The van der Waals surface area contributed by atoms with Gasteiger partial charge < -0.3 is 18.9 Å². The number of carbonyl (C=O) groups excluding carboxylic acids is 2. The molecule has 0 aliphatic carbocycles. The molecule has 0 saturated carbocycles. The van der Waals surface area contributed by atoms with Crippen molar-refractivity contribution in [3.05, 3.63) is 112 Å². The van der Waals surface area contributed by atoms with Gasteiger partial charge in [-0.25, -0.2) is 9.59 Å². The zero-order valence-electron chi connectivity index (χ0n) is 28.4. The zero-order chi connectivity index (χ0) is 36.6. The Bertz CT molecular complexity index is 1810. The van der Waals surface area contributed by atoms with E-state index in [0.29, 0.717) is 29.2 Å². The van der Waals surface area contributed by atoms with Crippen LogP contribution in [-0.4, -0.2) is 65.9 Å². The van der Waals surface area contributed by atoms with Crippen LogP contribution in [0.3, 0.4) is 0 Å². The van der Waals surface area contributed by atoms with Crippen LogP contribution in [0.4, 0.5) is 19.3 Å². The second-order valence-corrected chi connectivity index (χ2v) is 13.5. The third-order valence-corrected chi connectivity index (χ3v) is 9.82. The summed E-state index contributed by atoms with van der Waals surface area (Å²) in [7, 11) is 0. The van der Waals surface area contributed by atoms with Crippen molar-refractivity contribution in [2.75, 3.05) is 31.1 Å². The van der Waals surface area contributed by atoms with E-state index in [0.717, 1.165) is 38.0 Å². The van der Waals surface area contributed by atoms with Gasteiger partial charge >= 0.3 is 18.7 Å². The summed E-state index contributed by atoms with van der Waals surface area (Å²) in [5, 5.41) is 0.534. The maximum absolute atomic E-state index is 13.7. The fourth-order valence-corrected chi connectivity index (χ4v) is 6.95. The van der Waals surface area contributed by atoms with E-state index < -0.39 is 24.8 Å². The Morgan fingerprint density at radius 2 is 1.73 bits per heavy atom. The topological polar surface area (TPSA) is 103 Å². The number of ether oxygens (including phenoxy) is 4. The number of aromatic nitrogens is 2. The van der Waals surface area contributed by atoms with Crippen LogP contribution in [0.25, 0.3) is 0 Å². The molecule has 4 aromatic rings. The average molecular weight is 756 g/mol. The number of alkyl halides is 2. The fraction of sp³-hybridized carbons (Fsp3) is 0.368. The molecule has 0 N–H and O–H groups in total. The molecular formula is C38H38Cl2F2N4O6. The van der Waals surface area contributed by atoms with Crippen LogP contribution in [0.1, 0.15) is 59.3 Å². The number of benzene rings is 2. The third-order valence-electron chi connectivity index (χ3n) is 9.17. The highest BCUT2D eigenvalue weighted by molar-refractivity contribution is 6.35. The average Bonchev–Trinajstić information content (AvgIpc) is 3.15. The molecule has 0 spiro atoms. The molecule has 2 aromatic carbocycles. The van der Waals surface area contributed by atoms with Crippen molar-refractivity contribution in [1.82, 2.24) is 14.9 Å². The van der Waals surface area contributed by atoms with Crippen molar-refractivity contribution in [3.63, 3.8) is 0 Å². The first-order chi connectivity index (χ1) is 25.2. The van der Waals surface area contributed by atoms with E-state index in [4.69, 9.17) is 37.4 Å². The number of fused-ring (bicyclic) bond motifs is 3. The van der Waals surface area contributed by atoms with Crippen LogP contribution in [0.2, 0.25) is 10.0 Å². The van der Waals surface area contributed by atoms with E-state index in [-0.39, 0.29) is 52.8 Å². The number of hydrogen-bond acceptors (Lipinski definition) is 9. The molecule has 5 heterocycles. The zero-order valence-corrected chi connectivity index (χ0v) is 29.9. The molecule has 14 heteroatoms. The number of nitrogens with zero attached hydrogens (tertiary/aromatic N) is 4. The highest BCUT2D eigenvalue weighted by Gasteiger charge is 2.37. The first-order valence-electron chi connectivity index (χ1n) is 17.1. The summed E-state index contributed by atoms with van der Waals surface area (Å²) in [6, 6.07) is 14.6. The number of anilines is 1. The van der Waals surface area contributed by atoms with Crippen molar-refractivity contribution in [2.45, 2.75) is 58.0 Å². The minimum atomic E-state index is -3.06. The minimum Gasteiger partial charge on any atom is -0.490 e. The molecule has 0 radical (unpaired) electrons. The van der Waals surface area contributed by atoms with E-state index in [1.165, 1.54) is 35.5 Å². The number of rotatable bonds is 14. The third kappa shape index (κ3) is 9.28. The number of piperidine rings is 3. The van der Waals surface area contributed by atoms with Crippen LogP contribution in [0.5, 0.6) is 11.5 Å². The summed E-state index contributed by atoms with van der Waals surface area (Å²) in [4.78, 5) is 39.3. The quantitative estimate of drug-likeness (QED) is 0.117. The van der Waals surface area contributed by atoms with Gasteiger partial charge in [-0.15, -0.1) is 0 Å². The normalized spacial score (nSPS) is 18.5. The van der Waals surface area contributed by atoms with Crippen LogP contribution in [0, 0.1) is 5.92 Å². The lowest BCUT2D eigenvalue weighted by atomic mass is 9.86. The molecule has 2 atom stereocenters. The van der Waals surface area contributed by atoms with Gasteiger partial charge in [0.25, 0.3) is 0 Å². The maximum Gasteiger partial charge on any atom is 0.414 e. The maximum atomic E-state index is 13.7. The molecule has 1 amide bonds. The first-order valence-corrected chi connectivity index (χ1v) is 17.8. The van der Waals surface area contributed by atoms with E-state index in [9.17, 15) is 18.4 Å². The van der Waals surface area contributed by atoms with E-state index >= 15 is 0 Å². The number of pyridine rings is 2. The molecule has 2 aromatic heterocycles. The Labute approximate surface area is 310 Å². The highest BCUT2D eigenvalue weighted by Crippen LogP contribution is 2.37. The summed E-state index contributed by atoms with van der Waals surface area (Å²) in [5.74, 6) is -0.389. The lowest BCUT2D eigenvalue weighted by Crippen LogP contribution is -2.53. The molecule has 3 saturated heterocycles. The van der Waals surface area contributed by atoms with Crippen molar-refractivity contribution in [1.29, 1.82) is 0 Å². The molecule has 3 fully saturated rings. The molecule has 52 heavy (non-hydrogen) atoms. The van der Waals surface area contributed by atoms with Crippen molar-refractivity contribution < 1.29 is 37.3 Å². The molecule has 0 unspecified atom stereocenters. The molecule has 2 bridgehead atoms. The number of carbonyl (C=O) groups is 2. The molecular weight excluding hydrogens is 717 g/mol. The van der Waals surface area contributed by atoms with E-state index in [2.05, 4.69) is 19.6 Å². The summed E-state index contributed by atoms with van der Waals surface area (Å²) in [5.41, 5.74) is 2.49. The van der Waals surface area contributed by atoms with Gasteiger partial charge in [-0.1, -0.05) is 48.3 Å². The number of amides is 1. The molecule has 7 rings (SSSR count). The predicted molar refractivity (Wildman–Crippen MR) is 191 cm³/mol. The number of esters is 1. The van der Waals surface area contributed by atoms with Crippen LogP contribution in [-0.2, 0) is 22.4 Å². The monoisotopic (exact) mass is 754 g/mol. The summed E-state index contributed by atoms with van der Waals surface area (Å²) in [6.45, 7) is 2.03. The van der Waals surface area contributed by atoms with Crippen molar-refractivity contribution in [2.24, 2.45) is 5.92 Å². The van der Waals surface area contributed by atoms with E-state index in [1.54, 1.807) is 48.8 Å². The Balaban J connectivity index is 1.21. The Kier molecular flexibility index (Phi) is 12.4. The van der Waals surface area contributed by atoms with Crippen molar-refractivity contribution in [3.8, 4) is 11.5 Å². The summed E-state index contributed by atoms with van der Waals surface area (Å²) < 4.78 is 48.8. The first kappa shape index (κ1) is 37.2. The fourth-order valence-electron chi connectivity index (χ4n) is 6.43. The van der Waals surface area contributed by atoms with Crippen LogP contribution < -0.4 is 14.4 Å². The SMILES string of the molecule is CCCOc1cc([C@H](Cc2c(Cl)cncc2Cl)OC(=O)c2ccc(CN(C(=O)O[C@H]3CN4CCC3CC4)c3cccnc3)cc2)ccc1OC(F)F. The Morgan fingerprint density at radius 3 is 2.37 bits per heavy atom. The van der Waals surface area contributed by atoms with Gasteiger partial charge in [0.05, 0.1) is 40.6 Å². The molecule has 274 valence electrons. The lowest BCUT2D eigenvalue weighted by molar-refractivity contribution is -0.0515. The second-order valence-electron chi connectivity index (χ2n) is 12.7. The molecule has 3 aliphatic rings. The number of halogens is 4. The number of hydrogen-bond donors (Lipinski definition) is 0. The van der Waals surface area contributed by atoms with E-state index in [1.807, 2.05) is 6.92 Å². The van der Waals surface area contributed by atoms with Crippen LogP contribution in [0.15, 0.2) is 79.4 Å². The molecule has 10 nitrogen and oxygen atoms in total. The largest absolute Gasteiger partial charge is 0.490 e. The minimum absolute atomic E-state index is 0.0497. The smallest absolute Gasteiger partial charge is 0.414 e. The Hall–Kier alpha value is -4.52. The van der Waals surface area contributed by atoms with Gasteiger partial charge in [0.2, 0.25) is 0 Å². The van der Waals surface area contributed by atoms with Gasteiger partial charge in [-0.2, -0.15) is 8.78 Å². The highest BCUT2D eigenvalue weighted by atomic mass is 35.5. The van der Waals surface area contributed by atoms with Gasteiger partial charge in [0.1, 0.15) is 12.2 Å². The van der Waals surface area contributed by atoms with Crippen molar-refractivity contribution >= 4 is 41.0 Å². The summed E-state index contributed by atoms with van der Waals surface area (Å²) >= 11 is 12.9. The van der Waals surface area contributed by atoms with Crippen LogP contribution >= 0.6 is 23.2 Å². The van der Waals surface area contributed by atoms with Gasteiger partial charge in [-0.3, -0.25) is 19.8 Å². The Morgan fingerprint density at radius 1 is 0.981 bits per heavy atom. The van der Waals surface area contributed by atoms with Gasteiger partial charge in [0, 0.05) is 31.6 Å².